The van der Waals surface area contributed by atoms with Crippen molar-refractivity contribution in [1.29, 1.82) is 10.5 Å². The topological polar surface area (TPSA) is 130 Å². The number of anilines is 2. The highest BCUT2D eigenvalue weighted by atomic mass is 16.2. The molecule has 26 heavy (non-hydrogen) atoms. The van der Waals surface area contributed by atoms with Crippen molar-refractivity contribution in [2.24, 2.45) is 10.2 Å². The van der Waals surface area contributed by atoms with Crippen molar-refractivity contribution in [1.82, 2.24) is 0 Å². The van der Waals surface area contributed by atoms with Crippen LogP contribution in [0.25, 0.3) is 0 Å². The zero-order valence-electron chi connectivity index (χ0n) is 13.6. The van der Waals surface area contributed by atoms with Gasteiger partial charge in [0.05, 0.1) is 23.5 Å². The summed E-state index contributed by atoms with van der Waals surface area (Å²) in [5.41, 5.74) is 1.67. The first-order chi connectivity index (χ1) is 12.6. The summed E-state index contributed by atoms with van der Waals surface area (Å²) in [7, 11) is 0. The molecule has 2 rings (SSSR count). The van der Waals surface area contributed by atoms with Crippen molar-refractivity contribution >= 4 is 34.6 Å². The smallest absolute Gasteiger partial charge is 0.238 e. The lowest BCUT2D eigenvalue weighted by Crippen LogP contribution is -2.12. The standard InChI is InChI=1S/C18H14N6O2/c19-10-8-17(25)21-14-6-7-15(16(12-14)22-18(26)9-11-20)24-23-13-4-2-1-3-5-13/h1-7,12H,8-9H2,(H,21,25)(H,22,26). The molecule has 2 amide bonds. The number of amides is 2. The number of carbonyl (C=O) groups is 2. The average Bonchev–Trinajstić information content (AvgIpc) is 2.62. The third-order valence-electron chi connectivity index (χ3n) is 3.06. The minimum atomic E-state index is -0.510. The average molecular weight is 346 g/mol. The van der Waals surface area contributed by atoms with E-state index < -0.39 is 11.8 Å². The molecule has 8 nitrogen and oxygen atoms in total. The third kappa shape index (κ3) is 5.55. The highest BCUT2D eigenvalue weighted by Gasteiger charge is 2.10. The van der Waals surface area contributed by atoms with Crippen LogP contribution >= 0.6 is 0 Å². The molecule has 2 N–H and O–H groups in total. The normalized spacial score (nSPS) is 9.92. The van der Waals surface area contributed by atoms with Gasteiger partial charge >= 0.3 is 0 Å². The molecule has 0 bridgehead atoms. The molecular formula is C18H14N6O2. The van der Waals surface area contributed by atoms with Crippen LogP contribution in [0.4, 0.5) is 22.7 Å². The predicted octanol–water partition coefficient (Wildman–Crippen LogP) is 3.81. The van der Waals surface area contributed by atoms with Crippen LogP contribution in [-0.4, -0.2) is 11.8 Å². The molecule has 0 unspecified atom stereocenters. The van der Waals surface area contributed by atoms with Gasteiger partial charge in [-0.05, 0) is 30.3 Å². The molecule has 0 spiro atoms. The van der Waals surface area contributed by atoms with Crippen LogP contribution in [0.15, 0.2) is 58.8 Å². The Hall–Kier alpha value is -4.04. The van der Waals surface area contributed by atoms with Crippen LogP contribution in [0.3, 0.4) is 0 Å². The molecule has 0 heterocycles. The van der Waals surface area contributed by atoms with Gasteiger partial charge in [-0.15, -0.1) is 5.11 Å². The molecule has 8 heteroatoms. The Morgan fingerprint density at radius 3 is 2.19 bits per heavy atom. The van der Waals surface area contributed by atoms with Crippen LogP contribution in [0.5, 0.6) is 0 Å². The Morgan fingerprint density at radius 2 is 1.54 bits per heavy atom. The number of nitriles is 2. The van der Waals surface area contributed by atoms with Crippen molar-refractivity contribution < 1.29 is 9.59 Å². The molecule has 0 aliphatic heterocycles. The lowest BCUT2D eigenvalue weighted by atomic mass is 10.2. The maximum absolute atomic E-state index is 11.7. The largest absolute Gasteiger partial charge is 0.325 e. The van der Waals surface area contributed by atoms with Gasteiger partial charge in [0.1, 0.15) is 18.5 Å². The Morgan fingerprint density at radius 1 is 0.885 bits per heavy atom. The number of nitrogens with one attached hydrogen (secondary N) is 2. The molecule has 0 aliphatic carbocycles. The van der Waals surface area contributed by atoms with Gasteiger partial charge in [0.15, 0.2) is 0 Å². The van der Waals surface area contributed by atoms with Crippen molar-refractivity contribution in [2.45, 2.75) is 12.8 Å². The summed E-state index contributed by atoms with van der Waals surface area (Å²) in [6, 6.07) is 17.2. The van der Waals surface area contributed by atoms with Gasteiger partial charge < -0.3 is 10.6 Å². The number of hydrogen-bond acceptors (Lipinski definition) is 6. The number of benzene rings is 2. The molecule has 0 aromatic heterocycles. The summed E-state index contributed by atoms with van der Waals surface area (Å²) in [5, 5.41) is 30.5. The van der Waals surface area contributed by atoms with Gasteiger partial charge in [-0.3, -0.25) is 9.59 Å². The van der Waals surface area contributed by atoms with Crippen LogP contribution < -0.4 is 10.6 Å². The first-order valence-corrected chi connectivity index (χ1v) is 7.57. The van der Waals surface area contributed by atoms with E-state index in [0.717, 1.165) is 0 Å². The van der Waals surface area contributed by atoms with Crippen molar-refractivity contribution in [3.63, 3.8) is 0 Å². The van der Waals surface area contributed by atoms with Gasteiger partial charge in [0.2, 0.25) is 11.8 Å². The molecule has 0 saturated heterocycles. The van der Waals surface area contributed by atoms with E-state index in [4.69, 9.17) is 10.5 Å². The van der Waals surface area contributed by atoms with E-state index in [2.05, 4.69) is 20.9 Å². The second-order valence-corrected chi connectivity index (χ2v) is 5.03. The zero-order chi connectivity index (χ0) is 18.8. The van der Waals surface area contributed by atoms with E-state index in [-0.39, 0.29) is 12.8 Å². The molecule has 0 atom stereocenters. The van der Waals surface area contributed by atoms with E-state index in [1.807, 2.05) is 18.2 Å². The number of rotatable bonds is 6. The number of azo groups is 1. The van der Waals surface area contributed by atoms with Crippen LogP contribution in [0.2, 0.25) is 0 Å². The second-order valence-electron chi connectivity index (χ2n) is 5.03. The van der Waals surface area contributed by atoms with Gasteiger partial charge in [0, 0.05) is 5.69 Å². The molecule has 0 aliphatic rings. The summed E-state index contributed by atoms with van der Waals surface area (Å²) in [5.74, 6) is -0.982. The van der Waals surface area contributed by atoms with Crippen LogP contribution in [0.1, 0.15) is 12.8 Å². The van der Waals surface area contributed by atoms with Crippen LogP contribution in [-0.2, 0) is 9.59 Å². The second kappa shape index (κ2) is 9.30. The van der Waals surface area contributed by atoms with E-state index >= 15 is 0 Å². The Kier molecular flexibility index (Phi) is 6.55. The summed E-state index contributed by atoms with van der Waals surface area (Å²) < 4.78 is 0. The highest BCUT2D eigenvalue weighted by Crippen LogP contribution is 2.30. The molecule has 0 radical (unpaired) electrons. The lowest BCUT2D eigenvalue weighted by Gasteiger charge is -2.09. The third-order valence-corrected chi connectivity index (χ3v) is 3.06. The fraction of sp³-hybridized carbons (Fsp3) is 0.111. The van der Waals surface area contributed by atoms with E-state index in [1.54, 1.807) is 36.4 Å². The predicted molar refractivity (Wildman–Crippen MR) is 94.8 cm³/mol. The monoisotopic (exact) mass is 346 g/mol. The summed E-state index contributed by atoms with van der Waals surface area (Å²) in [4.78, 5) is 23.3. The summed E-state index contributed by atoms with van der Waals surface area (Å²) >= 11 is 0. The Bertz CT molecular complexity index is 910. The van der Waals surface area contributed by atoms with Crippen molar-refractivity contribution in [2.75, 3.05) is 10.6 Å². The number of carbonyl (C=O) groups excluding carboxylic acids is 2. The Labute approximate surface area is 149 Å². The minimum Gasteiger partial charge on any atom is -0.325 e. The van der Waals surface area contributed by atoms with Crippen LogP contribution in [0, 0.1) is 22.7 Å². The summed E-state index contributed by atoms with van der Waals surface area (Å²) in [6.45, 7) is 0. The number of hydrogen-bond donors (Lipinski definition) is 2. The van der Waals surface area contributed by atoms with Crippen molar-refractivity contribution in [3.05, 3.63) is 48.5 Å². The van der Waals surface area contributed by atoms with E-state index in [1.165, 1.54) is 6.07 Å². The molecule has 128 valence electrons. The number of nitrogens with zero attached hydrogens (tertiary/aromatic N) is 4. The first kappa shape index (κ1) is 18.3. The molecule has 2 aromatic carbocycles. The van der Waals surface area contributed by atoms with Crippen molar-refractivity contribution in [3.8, 4) is 12.1 Å². The Balaban J connectivity index is 2.29. The lowest BCUT2D eigenvalue weighted by molar-refractivity contribution is -0.116. The molecule has 0 saturated carbocycles. The van der Waals surface area contributed by atoms with Gasteiger partial charge in [-0.1, -0.05) is 18.2 Å². The van der Waals surface area contributed by atoms with Gasteiger partial charge in [0.25, 0.3) is 0 Å². The van der Waals surface area contributed by atoms with E-state index in [9.17, 15) is 9.59 Å². The molecule has 2 aromatic rings. The van der Waals surface area contributed by atoms with Gasteiger partial charge in [-0.2, -0.15) is 15.6 Å². The first-order valence-electron chi connectivity index (χ1n) is 7.57. The summed E-state index contributed by atoms with van der Waals surface area (Å²) in [6.07, 6.45) is -0.605. The van der Waals surface area contributed by atoms with E-state index in [0.29, 0.717) is 22.7 Å². The fourth-order valence-electron chi connectivity index (χ4n) is 1.95. The molecule has 0 fully saturated rings. The zero-order valence-corrected chi connectivity index (χ0v) is 13.6. The fourth-order valence-corrected chi connectivity index (χ4v) is 1.95. The minimum absolute atomic E-state index is 0.286. The maximum Gasteiger partial charge on any atom is 0.238 e. The quantitative estimate of drug-likeness (QED) is 0.770. The molecular weight excluding hydrogens is 332 g/mol. The highest BCUT2D eigenvalue weighted by molar-refractivity contribution is 5.97. The SMILES string of the molecule is N#CCC(=O)Nc1ccc(N=Nc2ccccc2)c(NC(=O)CC#N)c1. The maximum atomic E-state index is 11.7. The van der Waals surface area contributed by atoms with Gasteiger partial charge in [-0.25, -0.2) is 0 Å².